The molecule has 1 heterocycles. The van der Waals surface area contributed by atoms with Gasteiger partial charge in [0.25, 0.3) is 5.91 Å². The van der Waals surface area contributed by atoms with Crippen molar-refractivity contribution in [3.63, 3.8) is 0 Å². The summed E-state index contributed by atoms with van der Waals surface area (Å²) in [5.41, 5.74) is -2.54. The van der Waals surface area contributed by atoms with Gasteiger partial charge in [0.2, 0.25) is 5.60 Å². The largest absolute Gasteiger partial charge is 0.464 e. The minimum atomic E-state index is -2.48. The molecule has 0 saturated carbocycles. The van der Waals surface area contributed by atoms with E-state index in [2.05, 4.69) is 10.1 Å². The fourth-order valence-electron chi connectivity index (χ4n) is 1.96. The van der Waals surface area contributed by atoms with E-state index in [1.165, 1.54) is 6.92 Å². The van der Waals surface area contributed by atoms with Crippen LogP contribution in [-0.2, 0) is 19.9 Å². The van der Waals surface area contributed by atoms with Gasteiger partial charge in [-0.2, -0.15) is 0 Å². The second kappa shape index (κ2) is 4.60. The van der Waals surface area contributed by atoms with Crippen LogP contribution < -0.4 is 5.32 Å². The van der Waals surface area contributed by atoms with Crippen molar-refractivity contribution in [2.75, 3.05) is 11.9 Å². The number of fused-ring (bicyclic) bond motifs is 1. The number of amides is 1. The predicted molar refractivity (Wildman–Crippen MR) is 61.6 cm³/mol. The molecule has 1 amide bonds. The number of nitrogens with one attached hydrogen (secondary N) is 1. The molecule has 3 N–H and O–H groups in total. The number of ether oxygens (including phenoxy) is 1. The first-order valence-electron chi connectivity index (χ1n) is 5.59. The average molecular weight is 269 g/mol. The fourth-order valence-corrected chi connectivity index (χ4v) is 1.96. The van der Waals surface area contributed by atoms with Gasteiger partial charge in [0.15, 0.2) is 6.10 Å². The predicted octanol–water partition coefficient (Wildman–Crippen LogP) is -0.111. The van der Waals surface area contributed by atoms with Gasteiger partial charge in [-0.1, -0.05) is 6.07 Å². The highest BCUT2D eigenvalue weighted by Gasteiger charge is 2.54. The van der Waals surface area contributed by atoms with Crippen LogP contribution in [0, 0.1) is 5.82 Å². The molecule has 1 aromatic rings. The molecule has 7 heteroatoms. The Morgan fingerprint density at radius 2 is 2.26 bits per heavy atom. The number of benzene rings is 1. The SMILES string of the molecule is CCOC(=O)[C@@H](O)[C@]1(O)C(=O)Nc2cc(F)ccc21. The molecule has 0 spiro atoms. The van der Waals surface area contributed by atoms with Crippen molar-refractivity contribution < 1.29 is 28.9 Å². The summed E-state index contributed by atoms with van der Waals surface area (Å²) in [6.07, 6.45) is -2.08. The topological polar surface area (TPSA) is 95.9 Å². The molecule has 2 rings (SSSR count). The van der Waals surface area contributed by atoms with Gasteiger partial charge in [-0.3, -0.25) is 4.79 Å². The molecule has 1 aliphatic heterocycles. The normalized spacial score (nSPS) is 22.6. The van der Waals surface area contributed by atoms with Gasteiger partial charge in [0.05, 0.1) is 12.3 Å². The van der Waals surface area contributed by atoms with Crippen LogP contribution in [0.1, 0.15) is 12.5 Å². The monoisotopic (exact) mass is 269 g/mol. The first-order chi connectivity index (χ1) is 8.91. The van der Waals surface area contributed by atoms with Gasteiger partial charge >= 0.3 is 5.97 Å². The molecule has 2 atom stereocenters. The summed E-state index contributed by atoms with van der Waals surface area (Å²) in [6.45, 7) is 1.51. The summed E-state index contributed by atoms with van der Waals surface area (Å²) < 4.78 is 17.6. The molecule has 102 valence electrons. The van der Waals surface area contributed by atoms with Crippen LogP contribution in [-0.4, -0.2) is 34.8 Å². The highest BCUT2D eigenvalue weighted by atomic mass is 19.1. The van der Waals surface area contributed by atoms with Crippen LogP contribution in [0.3, 0.4) is 0 Å². The van der Waals surface area contributed by atoms with Crippen molar-refractivity contribution in [1.82, 2.24) is 0 Å². The average Bonchev–Trinajstić information content (AvgIpc) is 2.61. The molecule has 0 unspecified atom stereocenters. The van der Waals surface area contributed by atoms with Gasteiger partial charge < -0.3 is 20.3 Å². The van der Waals surface area contributed by atoms with E-state index in [0.717, 1.165) is 18.2 Å². The minimum absolute atomic E-state index is 0.0100. The number of aliphatic hydroxyl groups is 2. The molecule has 0 bridgehead atoms. The molecule has 0 fully saturated rings. The van der Waals surface area contributed by atoms with E-state index in [9.17, 15) is 24.2 Å². The quantitative estimate of drug-likeness (QED) is 0.665. The lowest BCUT2D eigenvalue weighted by Crippen LogP contribution is -2.50. The summed E-state index contributed by atoms with van der Waals surface area (Å²) in [4.78, 5) is 23.2. The Morgan fingerprint density at radius 3 is 2.89 bits per heavy atom. The number of anilines is 1. The lowest BCUT2D eigenvalue weighted by molar-refractivity contribution is -0.174. The van der Waals surface area contributed by atoms with Crippen LogP contribution in [0.2, 0.25) is 0 Å². The Balaban J connectivity index is 2.44. The van der Waals surface area contributed by atoms with Gasteiger partial charge in [-0.25, -0.2) is 9.18 Å². The fraction of sp³-hybridized carbons (Fsp3) is 0.333. The maximum atomic E-state index is 13.0. The first kappa shape index (κ1) is 13.4. The number of halogens is 1. The van der Waals surface area contributed by atoms with E-state index in [-0.39, 0.29) is 17.9 Å². The number of aliphatic hydroxyl groups excluding tert-OH is 1. The van der Waals surface area contributed by atoms with Crippen molar-refractivity contribution in [3.05, 3.63) is 29.6 Å². The maximum absolute atomic E-state index is 13.0. The summed E-state index contributed by atoms with van der Waals surface area (Å²) in [6, 6.07) is 3.13. The van der Waals surface area contributed by atoms with Crippen molar-refractivity contribution in [3.8, 4) is 0 Å². The van der Waals surface area contributed by atoms with Crippen molar-refractivity contribution >= 4 is 17.6 Å². The summed E-state index contributed by atoms with van der Waals surface area (Å²) in [7, 11) is 0. The zero-order valence-corrected chi connectivity index (χ0v) is 10.0. The van der Waals surface area contributed by atoms with Gasteiger partial charge in [-0.05, 0) is 19.1 Å². The zero-order chi connectivity index (χ0) is 14.2. The van der Waals surface area contributed by atoms with E-state index in [1.807, 2.05) is 0 Å². The van der Waals surface area contributed by atoms with Gasteiger partial charge in [-0.15, -0.1) is 0 Å². The number of esters is 1. The highest BCUT2D eigenvalue weighted by molar-refractivity contribution is 6.07. The third kappa shape index (κ3) is 1.96. The molecule has 1 aliphatic rings. The van der Waals surface area contributed by atoms with Crippen LogP contribution in [0.5, 0.6) is 0 Å². The number of carbonyl (C=O) groups is 2. The highest BCUT2D eigenvalue weighted by Crippen LogP contribution is 2.39. The Morgan fingerprint density at radius 1 is 1.58 bits per heavy atom. The lowest BCUT2D eigenvalue weighted by Gasteiger charge is -2.25. The molecule has 0 aromatic heterocycles. The molecule has 0 saturated heterocycles. The molecule has 1 aromatic carbocycles. The van der Waals surface area contributed by atoms with Crippen LogP contribution in [0.25, 0.3) is 0 Å². The maximum Gasteiger partial charge on any atom is 0.338 e. The Bertz CT molecular complexity index is 547. The number of carbonyl (C=O) groups excluding carboxylic acids is 2. The second-order valence-corrected chi connectivity index (χ2v) is 4.06. The number of hydrogen-bond donors (Lipinski definition) is 3. The third-order valence-electron chi connectivity index (χ3n) is 2.89. The molecular weight excluding hydrogens is 257 g/mol. The number of hydrogen-bond acceptors (Lipinski definition) is 5. The van der Waals surface area contributed by atoms with Crippen molar-refractivity contribution in [2.24, 2.45) is 0 Å². The Labute approximate surface area is 107 Å². The molecule has 19 heavy (non-hydrogen) atoms. The van der Waals surface area contributed by atoms with E-state index in [1.54, 1.807) is 0 Å². The zero-order valence-electron chi connectivity index (χ0n) is 10.0. The van der Waals surface area contributed by atoms with Crippen LogP contribution in [0.4, 0.5) is 10.1 Å². The third-order valence-corrected chi connectivity index (χ3v) is 2.89. The second-order valence-electron chi connectivity index (χ2n) is 4.06. The first-order valence-corrected chi connectivity index (χ1v) is 5.59. The Hall–Kier alpha value is -1.99. The minimum Gasteiger partial charge on any atom is -0.464 e. The van der Waals surface area contributed by atoms with Crippen molar-refractivity contribution in [1.29, 1.82) is 0 Å². The molecule has 0 radical (unpaired) electrons. The Kier molecular flexibility index (Phi) is 3.25. The molecule has 0 aliphatic carbocycles. The van der Waals surface area contributed by atoms with Crippen LogP contribution in [0.15, 0.2) is 18.2 Å². The number of rotatable bonds is 3. The lowest BCUT2D eigenvalue weighted by atomic mass is 9.89. The van der Waals surface area contributed by atoms with Crippen LogP contribution >= 0.6 is 0 Å². The standard InChI is InChI=1S/C12H12FNO5/c1-2-19-10(16)9(15)12(18)7-4-3-6(13)5-8(7)14-11(12)17/h3-5,9,15,18H,2H2,1H3,(H,14,17)/t9-,12+/m1/s1. The van der Waals surface area contributed by atoms with Gasteiger partial charge in [0, 0.05) is 5.56 Å². The smallest absolute Gasteiger partial charge is 0.338 e. The van der Waals surface area contributed by atoms with E-state index in [4.69, 9.17) is 0 Å². The van der Waals surface area contributed by atoms with E-state index < -0.39 is 29.4 Å². The summed E-state index contributed by atoms with van der Waals surface area (Å²) in [5.74, 6) is -2.75. The summed E-state index contributed by atoms with van der Waals surface area (Å²) in [5, 5.41) is 22.3. The molecular formula is C12H12FNO5. The summed E-state index contributed by atoms with van der Waals surface area (Å²) >= 11 is 0. The molecule has 6 nitrogen and oxygen atoms in total. The van der Waals surface area contributed by atoms with E-state index in [0.29, 0.717) is 0 Å². The van der Waals surface area contributed by atoms with Gasteiger partial charge in [0.1, 0.15) is 5.82 Å². The van der Waals surface area contributed by atoms with Crippen molar-refractivity contribution in [2.45, 2.75) is 18.6 Å². The van der Waals surface area contributed by atoms with E-state index >= 15 is 0 Å².